The molecule has 0 saturated heterocycles. The maximum absolute atomic E-state index is 11.6. The van der Waals surface area contributed by atoms with Gasteiger partial charge in [0.15, 0.2) is 0 Å². The zero-order valence-corrected chi connectivity index (χ0v) is 11.4. The molecule has 2 N–H and O–H groups in total. The lowest BCUT2D eigenvalue weighted by Crippen LogP contribution is -2.28. The van der Waals surface area contributed by atoms with Crippen LogP contribution in [-0.4, -0.2) is 33.9 Å². The first-order valence-electron chi connectivity index (χ1n) is 5.34. The third kappa shape index (κ3) is 3.69. The van der Waals surface area contributed by atoms with Gasteiger partial charge in [0.25, 0.3) is 0 Å². The van der Waals surface area contributed by atoms with Gasteiger partial charge in [-0.05, 0) is 31.7 Å². The molecule has 5 nitrogen and oxygen atoms in total. The van der Waals surface area contributed by atoms with Crippen molar-refractivity contribution in [1.82, 2.24) is 9.62 Å². The number of nitrogens with one attached hydrogen (secondary N) is 2. The first kappa shape index (κ1) is 14.0. The van der Waals surface area contributed by atoms with Crippen molar-refractivity contribution in [1.29, 1.82) is 0 Å². The van der Waals surface area contributed by atoms with Crippen LogP contribution in [0.1, 0.15) is 18.5 Å². The maximum Gasteiger partial charge on any atom is 0.301 e. The maximum atomic E-state index is 11.6. The standard InChI is InChI=1S/C11H19N3O2S/c1-9(12-2)10-5-7-11(8-6-10)13-17(15,16)14(3)4/h5-9,12-13H,1-4H3. The van der Waals surface area contributed by atoms with Crippen molar-refractivity contribution in [3.05, 3.63) is 29.8 Å². The number of hydrogen-bond acceptors (Lipinski definition) is 3. The van der Waals surface area contributed by atoms with Crippen LogP contribution in [0.5, 0.6) is 0 Å². The van der Waals surface area contributed by atoms with Crippen molar-refractivity contribution in [2.24, 2.45) is 0 Å². The molecule has 1 rings (SSSR count). The molecule has 0 aromatic heterocycles. The average Bonchev–Trinajstić information content (AvgIpc) is 2.28. The molecular formula is C11H19N3O2S. The summed E-state index contributed by atoms with van der Waals surface area (Å²) in [7, 11) is 1.43. The highest BCUT2D eigenvalue weighted by molar-refractivity contribution is 7.90. The molecule has 1 aromatic carbocycles. The van der Waals surface area contributed by atoms with Gasteiger partial charge < -0.3 is 5.32 Å². The third-order valence-corrected chi connectivity index (χ3v) is 4.03. The fraction of sp³-hybridized carbons (Fsp3) is 0.455. The van der Waals surface area contributed by atoms with E-state index < -0.39 is 10.2 Å². The Morgan fingerprint density at radius 3 is 2.12 bits per heavy atom. The quantitative estimate of drug-likeness (QED) is 0.833. The zero-order valence-electron chi connectivity index (χ0n) is 10.6. The van der Waals surface area contributed by atoms with Crippen molar-refractivity contribution in [3.63, 3.8) is 0 Å². The molecule has 0 saturated carbocycles. The molecule has 0 heterocycles. The first-order valence-corrected chi connectivity index (χ1v) is 6.78. The second kappa shape index (κ2) is 5.48. The van der Waals surface area contributed by atoms with Crippen LogP contribution in [0.4, 0.5) is 5.69 Å². The summed E-state index contributed by atoms with van der Waals surface area (Å²) in [4.78, 5) is 0. The Bertz CT molecular complexity index is 454. The molecule has 1 aromatic rings. The van der Waals surface area contributed by atoms with Crippen molar-refractivity contribution < 1.29 is 8.42 Å². The Hall–Kier alpha value is -1.11. The normalized spacial score (nSPS) is 13.7. The largest absolute Gasteiger partial charge is 0.313 e. The highest BCUT2D eigenvalue weighted by Gasteiger charge is 2.12. The van der Waals surface area contributed by atoms with Gasteiger partial charge >= 0.3 is 10.2 Å². The second-order valence-corrected chi connectivity index (χ2v) is 5.91. The summed E-state index contributed by atoms with van der Waals surface area (Å²) in [5, 5.41) is 3.12. The monoisotopic (exact) mass is 257 g/mol. The van der Waals surface area contributed by atoms with Gasteiger partial charge in [0.05, 0.1) is 0 Å². The fourth-order valence-corrected chi connectivity index (χ4v) is 1.86. The van der Waals surface area contributed by atoms with E-state index in [1.165, 1.54) is 14.1 Å². The van der Waals surface area contributed by atoms with Gasteiger partial charge in [0, 0.05) is 25.8 Å². The van der Waals surface area contributed by atoms with Crippen LogP contribution in [0.25, 0.3) is 0 Å². The zero-order chi connectivity index (χ0) is 13.1. The van der Waals surface area contributed by atoms with Gasteiger partial charge in [-0.2, -0.15) is 12.7 Å². The van der Waals surface area contributed by atoms with Crippen LogP contribution in [0.15, 0.2) is 24.3 Å². The lowest BCUT2D eigenvalue weighted by molar-refractivity contribution is 0.527. The molecule has 0 aliphatic rings. The Morgan fingerprint density at radius 2 is 1.71 bits per heavy atom. The Balaban J connectivity index is 2.83. The summed E-state index contributed by atoms with van der Waals surface area (Å²) in [6, 6.07) is 7.55. The molecule has 1 unspecified atom stereocenters. The van der Waals surface area contributed by atoms with E-state index in [0.29, 0.717) is 5.69 Å². The van der Waals surface area contributed by atoms with Crippen molar-refractivity contribution in [2.45, 2.75) is 13.0 Å². The van der Waals surface area contributed by atoms with Crippen LogP contribution < -0.4 is 10.0 Å². The molecule has 0 radical (unpaired) electrons. The first-order chi connectivity index (χ1) is 7.86. The Kier molecular flexibility index (Phi) is 4.50. The molecule has 0 aliphatic carbocycles. The van der Waals surface area contributed by atoms with E-state index >= 15 is 0 Å². The highest BCUT2D eigenvalue weighted by Crippen LogP contribution is 2.16. The lowest BCUT2D eigenvalue weighted by Gasteiger charge is -2.15. The third-order valence-electron chi connectivity index (χ3n) is 2.57. The van der Waals surface area contributed by atoms with Crippen LogP contribution in [-0.2, 0) is 10.2 Å². The molecule has 0 bridgehead atoms. The summed E-state index contributed by atoms with van der Waals surface area (Å²) in [6.45, 7) is 2.04. The van der Waals surface area contributed by atoms with E-state index in [1.807, 2.05) is 26.1 Å². The van der Waals surface area contributed by atoms with Crippen LogP contribution in [0.2, 0.25) is 0 Å². The van der Waals surface area contributed by atoms with Gasteiger partial charge in [0.1, 0.15) is 0 Å². The molecule has 0 aliphatic heterocycles. The van der Waals surface area contributed by atoms with Crippen LogP contribution >= 0.6 is 0 Å². The average molecular weight is 257 g/mol. The number of benzene rings is 1. The molecular weight excluding hydrogens is 238 g/mol. The Morgan fingerprint density at radius 1 is 1.18 bits per heavy atom. The molecule has 0 spiro atoms. The second-order valence-electron chi connectivity index (χ2n) is 4.02. The highest BCUT2D eigenvalue weighted by atomic mass is 32.2. The summed E-state index contributed by atoms with van der Waals surface area (Å²) in [5.41, 5.74) is 1.67. The SMILES string of the molecule is CNC(C)c1ccc(NS(=O)(=O)N(C)C)cc1. The minimum absolute atomic E-state index is 0.245. The van der Waals surface area contributed by atoms with Gasteiger partial charge in [0.2, 0.25) is 0 Å². The number of rotatable bonds is 5. The lowest BCUT2D eigenvalue weighted by atomic mass is 10.1. The number of hydrogen-bond donors (Lipinski definition) is 2. The van der Waals surface area contributed by atoms with E-state index in [1.54, 1.807) is 12.1 Å². The van der Waals surface area contributed by atoms with Gasteiger partial charge in [-0.25, -0.2) is 0 Å². The van der Waals surface area contributed by atoms with E-state index in [0.717, 1.165) is 9.87 Å². The van der Waals surface area contributed by atoms with E-state index in [4.69, 9.17) is 0 Å². The van der Waals surface area contributed by atoms with Crippen molar-refractivity contribution in [2.75, 3.05) is 25.9 Å². The molecule has 1 atom stereocenters. The van der Waals surface area contributed by atoms with Crippen LogP contribution in [0.3, 0.4) is 0 Å². The van der Waals surface area contributed by atoms with Gasteiger partial charge in [-0.1, -0.05) is 12.1 Å². The molecule has 17 heavy (non-hydrogen) atoms. The van der Waals surface area contributed by atoms with E-state index in [-0.39, 0.29) is 6.04 Å². The predicted octanol–water partition coefficient (Wildman–Crippen LogP) is 1.19. The summed E-state index contributed by atoms with van der Waals surface area (Å²) >= 11 is 0. The number of anilines is 1. The predicted molar refractivity (Wildman–Crippen MR) is 70.1 cm³/mol. The van der Waals surface area contributed by atoms with Gasteiger partial charge in [-0.15, -0.1) is 0 Å². The summed E-state index contributed by atoms with van der Waals surface area (Å²) < 4.78 is 26.8. The summed E-state index contributed by atoms with van der Waals surface area (Å²) in [6.07, 6.45) is 0. The minimum Gasteiger partial charge on any atom is -0.313 e. The van der Waals surface area contributed by atoms with E-state index in [2.05, 4.69) is 10.0 Å². The Labute approximate surface area is 103 Å². The van der Waals surface area contributed by atoms with Crippen molar-refractivity contribution >= 4 is 15.9 Å². The molecule has 96 valence electrons. The fourth-order valence-electron chi connectivity index (χ4n) is 1.25. The molecule has 0 fully saturated rings. The molecule has 6 heteroatoms. The summed E-state index contributed by atoms with van der Waals surface area (Å²) in [5.74, 6) is 0. The minimum atomic E-state index is -3.42. The smallest absolute Gasteiger partial charge is 0.301 e. The number of nitrogens with zero attached hydrogens (tertiary/aromatic N) is 1. The van der Waals surface area contributed by atoms with Crippen LogP contribution in [0, 0.1) is 0 Å². The topological polar surface area (TPSA) is 61.4 Å². The van der Waals surface area contributed by atoms with Crippen molar-refractivity contribution in [3.8, 4) is 0 Å². The van der Waals surface area contributed by atoms with E-state index in [9.17, 15) is 8.42 Å². The molecule has 0 amide bonds. The van der Waals surface area contributed by atoms with Gasteiger partial charge in [-0.3, -0.25) is 4.72 Å².